The summed E-state index contributed by atoms with van der Waals surface area (Å²) in [5.41, 5.74) is 1.17. The summed E-state index contributed by atoms with van der Waals surface area (Å²) in [6, 6.07) is 9.33. The number of methoxy groups -OCH3 is 2. The highest BCUT2D eigenvalue weighted by atomic mass is 32.2. The maximum atomic E-state index is 14.1. The van der Waals surface area contributed by atoms with Crippen molar-refractivity contribution in [2.45, 2.75) is 10.9 Å². The van der Waals surface area contributed by atoms with E-state index in [9.17, 15) is 12.8 Å². The molecule has 2 fully saturated rings. The lowest BCUT2D eigenvalue weighted by molar-refractivity contribution is -0.0304. The first kappa shape index (κ1) is 21.0. The first-order valence-corrected chi connectivity index (χ1v) is 11.2. The SMILES string of the molecule is COc1ccc(-c2ccc(S(=O)(=O)N3CCN4CCOCC4C3)cc2OC)cc1F. The third-order valence-electron chi connectivity index (χ3n) is 5.67. The molecule has 2 aromatic carbocycles. The first-order valence-electron chi connectivity index (χ1n) is 9.78. The van der Waals surface area contributed by atoms with E-state index in [0.717, 1.165) is 6.54 Å². The summed E-state index contributed by atoms with van der Waals surface area (Å²) in [6.07, 6.45) is 0. The number of rotatable bonds is 5. The van der Waals surface area contributed by atoms with Gasteiger partial charge in [0.25, 0.3) is 0 Å². The predicted molar refractivity (Wildman–Crippen MR) is 110 cm³/mol. The van der Waals surface area contributed by atoms with E-state index in [2.05, 4.69) is 4.90 Å². The summed E-state index contributed by atoms with van der Waals surface area (Å²) in [7, 11) is -0.820. The van der Waals surface area contributed by atoms with Gasteiger partial charge in [-0.2, -0.15) is 4.31 Å². The predicted octanol–water partition coefficient (Wildman–Crippen LogP) is 2.21. The average Bonchev–Trinajstić information content (AvgIpc) is 2.78. The van der Waals surface area contributed by atoms with Crippen molar-refractivity contribution in [3.05, 3.63) is 42.2 Å². The van der Waals surface area contributed by atoms with Crippen LogP contribution < -0.4 is 9.47 Å². The van der Waals surface area contributed by atoms with Gasteiger partial charge in [0.1, 0.15) is 5.75 Å². The average molecular weight is 437 g/mol. The summed E-state index contributed by atoms with van der Waals surface area (Å²) in [5, 5.41) is 0. The first-order chi connectivity index (χ1) is 14.4. The van der Waals surface area contributed by atoms with Gasteiger partial charge in [0.15, 0.2) is 11.6 Å². The number of nitrogens with zero attached hydrogens (tertiary/aromatic N) is 2. The molecule has 9 heteroatoms. The van der Waals surface area contributed by atoms with Crippen molar-refractivity contribution in [1.82, 2.24) is 9.21 Å². The van der Waals surface area contributed by atoms with Crippen molar-refractivity contribution in [2.75, 3.05) is 53.6 Å². The Morgan fingerprint density at radius 2 is 1.83 bits per heavy atom. The molecule has 1 atom stereocenters. The monoisotopic (exact) mass is 436 g/mol. The largest absolute Gasteiger partial charge is 0.496 e. The van der Waals surface area contributed by atoms with Gasteiger partial charge in [-0.25, -0.2) is 12.8 Å². The summed E-state index contributed by atoms with van der Waals surface area (Å²) >= 11 is 0. The maximum Gasteiger partial charge on any atom is 0.243 e. The molecule has 0 radical (unpaired) electrons. The van der Waals surface area contributed by atoms with E-state index >= 15 is 0 Å². The van der Waals surface area contributed by atoms with Gasteiger partial charge < -0.3 is 14.2 Å². The highest BCUT2D eigenvalue weighted by Gasteiger charge is 2.36. The molecule has 2 aliphatic rings. The highest BCUT2D eigenvalue weighted by Crippen LogP contribution is 2.35. The molecule has 7 nitrogen and oxygen atoms in total. The van der Waals surface area contributed by atoms with Crippen LogP contribution in [0.2, 0.25) is 0 Å². The second-order valence-corrected chi connectivity index (χ2v) is 9.28. The number of piperazine rings is 1. The van der Waals surface area contributed by atoms with Crippen LogP contribution >= 0.6 is 0 Å². The Morgan fingerprint density at radius 3 is 2.57 bits per heavy atom. The van der Waals surface area contributed by atoms with Crippen LogP contribution in [0, 0.1) is 5.82 Å². The van der Waals surface area contributed by atoms with E-state index in [1.165, 1.54) is 36.7 Å². The molecular formula is C21H25FN2O5S. The van der Waals surface area contributed by atoms with E-state index in [-0.39, 0.29) is 16.7 Å². The Balaban J connectivity index is 1.62. The van der Waals surface area contributed by atoms with Crippen LogP contribution in [-0.4, -0.2) is 77.3 Å². The van der Waals surface area contributed by atoms with Crippen LogP contribution in [0.5, 0.6) is 11.5 Å². The van der Waals surface area contributed by atoms with Crippen molar-refractivity contribution in [3.63, 3.8) is 0 Å². The van der Waals surface area contributed by atoms with Gasteiger partial charge >= 0.3 is 0 Å². The van der Waals surface area contributed by atoms with Crippen LogP contribution in [-0.2, 0) is 14.8 Å². The van der Waals surface area contributed by atoms with Crippen LogP contribution in [0.4, 0.5) is 4.39 Å². The molecule has 0 saturated carbocycles. The topological polar surface area (TPSA) is 68.3 Å². The second kappa shape index (κ2) is 8.50. The maximum absolute atomic E-state index is 14.1. The molecule has 2 saturated heterocycles. The lowest BCUT2D eigenvalue weighted by atomic mass is 10.0. The normalized spacial score (nSPS) is 20.6. The van der Waals surface area contributed by atoms with Crippen molar-refractivity contribution in [3.8, 4) is 22.6 Å². The summed E-state index contributed by atoms with van der Waals surface area (Å²) in [4.78, 5) is 2.43. The zero-order valence-corrected chi connectivity index (χ0v) is 17.8. The molecule has 162 valence electrons. The minimum Gasteiger partial charge on any atom is -0.496 e. The van der Waals surface area contributed by atoms with Crippen LogP contribution in [0.1, 0.15) is 0 Å². The fourth-order valence-corrected chi connectivity index (χ4v) is 5.47. The number of fused-ring (bicyclic) bond motifs is 1. The minimum absolute atomic E-state index is 0.0747. The molecule has 30 heavy (non-hydrogen) atoms. The Labute approximate surface area is 176 Å². The van der Waals surface area contributed by atoms with Gasteiger partial charge in [0.05, 0.1) is 32.3 Å². The molecule has 2 aliphatic heterocycles. The molecule has 0 aliphatic carbocycles. The minimum atomic E-state index is -3.69. The Morgan fingerprint density at radius 1 is 1.03 bits per heavy atom. The van der Waals surface area contributed by atoms with Crippen molar-refractivity contribution in [2.24, 2.45) is 0 Å². The number of hydrogen-bond acceptors (Lipinski definition) is 6. The standard InChI is InChI=1S/C21H25FN2O5S/c1-27-20-6-3-15(11-19(20)22)18-5-4-17(12-21(18)28-2)30(25,26)24-8-7-23-9-10-29-14-16(23)13-24/h3-6,11-12,16H,7-10,13-14H2,1-2H3. The van der Waals surface area contributed by atoms with Gasteiger partial charge in [0, 0.05) is 43.9 Å². The molecule has 0 amide bonds. The molecule has 2 heterocycles. The molecule has 0 spiro atoms. The Bertz CT molecular complexity index is 1030. The third kappa shape index (κ3) is 3.90. The van der Waals surface area contributed by atoms with Gasteiger partial charge in [0.2, 0.25) is 10.0 Å². The van der Waals surface area contributed by atoms with Crippen LogP contribution in [0.15, 0.2) is 41.3 Å². The van der Waals surface area contributed by atoms with Gasteiger partial charge in [-0.3, -0.25) is 4.90 Å². The van der Waals surface area contributed by atoms with Crippen molar-refractivity contribution < 1.29 is 27.0 Å². The third-order valence-corrected chi connectivity index (χ3v) is 7.54. The summed E-state index contributed by atoms with van der Waals surface area (Å²) < 4.78 is 58.0. The molecule has 0 N–H and O–H groups in total. The van der Waals surface area contributed by atoms with Crippen LogP contribution in [0.3, 0.4) is 0 Å². The summed E-state index contributed by atoms with van der Waals surface area (Å²) in [5.74, 6) is 0.00403. The zero-order valence-electron chi connectivity index (χ0n) is 17.0. The van der Waals surface area contributed by atoms with E-state index in [0.29, 0.717) is 49.7 Å². The van der Waals surface area contributed by atoms with Crippen molar-refractivity contribution in [1.29, 1.82) is 0 Å². The van der Waals surface area contributed by atoms with Crippen LogP contribution in [0.25, 0.3) is 11.1 Å². The molecule has 0 aromatic heterocycles. The number of hydrogen-bond donors (Lipinski definition) is 0. The number of sulfonamides is 1. The zero-order chi connectivity index (χ0) is 21.3. The fraction of sp³-hybridized carbons (Fsp3) is 0.429. The quantitative estimate of drug-likeness (QED) is 0.716. The Kier molecular flexibility index (Phi) is 5.97. The van der Waals surface area contributed by atoms with Gasteiger partial charge in [-0.15, -0.1) is 0 Å². The smallest absolute Gasteiger partial charge is 0.243 e. The van der Waals surface area contributed by atoms with Crippen molar-refractivity contribution >= 4 is 10.0 Å². The van der Waals surface area contributed by atoms with E-state index in [4.69, 9.17) is 14.2 Å². The van der Waals surface area contributed by atoms with E-state index in [1.54, 1.807) is 18.2 Å². The lowest BCUT2D eigenvalue weighted by Crippen LogP contribution is -2.58. The number of halogens is 1. The summed E-state index contributed by atoms with van der Waals surface area (Å²) in [6.45, 7) is 3.58. The number of benzene rings is 2. The lowest BCUT2D eigenvalue weighted by Gasteiger charge is -2.43. The second-order valence-electron chi connectivity index (χ2n) is 7.34. The molecule has 1 unspecified atom stereocenters. The molecule has 0 bridgehead atoms. The van der Waals surface area contributed by atoms with E-state index < -0.39 is 15.8 Å². The fourth-order valence-electron chi connectivity index (χ4n) is 3.99. The van der Waals surface area contributed by atoms with Gasteiger partial charge in [-0.1, -0.05) is 6.07 Å². The molecule has 4 rings (SSSR count). The molecule has 2 aromatic rings. The highest BCUT2D eigenvalue weighted by molar-refractivity contribution is 7.89. The number of ether oxygens (including phenoxy) is 3. The Hall–Kier alpha value is -2.20. The number of morpholine rings is 1. The van der Waals surface area contributed by atoms with E-state index in [1.807, 2.05) is 0 Å². The molecular weight excluding hydrogens is 411 g/mol. The van der Waals surface area contributed by atoms with Gasteiger partial charge in [-0.05, 0) is 29.8 Å².